The fourth-order valence-electron chi connectivity index (χ4n) is 0.391. The molecule has 13 heavy (non-hydrogen) atoms. The maximum atomic E-state index is 11.9. The molecule has 80 valence electrons. The molecule has 0 saturated heterocycles. The van der Waals surface area contributed by atoms with E-state index in [2.05, 4.69) is 0 Å². The maximum absolute atomic E-state index is 11.9. The van der Waals surface area contributed by atoms with Crippen molar-refractivity contribution in [3.8, 4) is 0 Å². The van der Waals surface area contributed by atoms with E-state index in [1.165, 1.54) is 0 Å². The summed E-state index contributed by atoms with van der Waals surface area (Å²) in [7, 11) is 0. The van der Waals surface area contributed by atoms with Gasteiger partial charge in [0.2, 0.25) is 0 Å². The van der Waals surface area contributed by atoms with Crippen LogP contribution in [0.25, 0.3) is 0 Å². The van der Waals surface area contributed by atoms with Crippen LogP contribution in [0.1, 0.15) is 6.42 Å². The molecule has 0 aliphatic rings. The summed E-state index contributed by atoms with van der Waals surface area (Å²) in [5.41, 5.74) is 0. The summed E-state index contributed by atoms with van der Waals surface area (Å²) in [6.07, 6.45) is -8.81. The second-order valence-corrected chi connectivity index (χ2v) is 2.89. The normalized spacial score (nSPS) is 14.8. The Hall–Kier alpha value is -0.180. The molecule has 0 saturated carbocycles. The molecule has 0 radical (unpaired) electrons. The molecule has 1 nitrogen and oxygen atoms in total. The highest BCUT2D eigenvalue weighted by Gasteiger charge is 2.62. The summed E-state index contributed by atoms with van der Waals surface area (Å²) in [4.78, 5) is 0. The highest BCUT2D eigenvalue weighted by molar-refractivity contribution is 7.94. The van der Waals surface area contributed by atoms with Crippen LogP contribution in [0.5, 0.6) is 0 Å². The van der Waals surface area contributed by atoms with Crippen LogP contribution in [0.4, 0.5) is 30.7 Å². The van der Waals surface area contributed by atoms with Gasteiger partial charge in [-0.05, 0) is 0 Å². The molecule has 0 fully saturated rings. The van der Waals surface area contributed by atoms with Crippen LogP contribution in [0.2, 0.25) is 0 Å². The summed E-state index contributed by atoms with van der Waals surface area (Å²) in [5, 5.41) is -4.51. The molecule has 0 rings (SSSR count). The Balaban J connectivity index is 4.52. The molecule has 0 bridgehead atoms. The Labute approximate surface area is 72.1 Å². The average molecular weight is 232 g/mol. The first-order chi connectivity index (χ1) is 5.52. The number of halogens is 7. The largest absolute Gasteiger partial charge is 0.453 e. The van der Waals surface area contributed by atoms with Crippen LogP contribution < -0.4 is 0 Å². The highest BCUT2D eigenvalue weighted by atomic mass is 32.2. The van der Waals surface area contributed by atoms with E-state index in [-0.39, 0.29) is 0 Å². The molecule has 1 N–H and O–H groups in total. The van der Waals surface area contributed by atoms with Gasteiger partial charge >= 0.3 is 17.4 Å². The smallest absolute Gasteiger partial charge is 0.325 e. The van der Waals surface area contributed by atoms with Crippen LogP contribution in [0.3, 0.4) is 0 Å². The van der Waals surface area contributed by atoms with E-state index in [0.29, 0.717) is 0 Å². The Morgan fingerprint density at radius 3 is 1.54 bits per heavy atom. The van der Waals surface area contributed by atoms with Gasteiger partial charge in [-0.1, -0.05) is 0 Å². The summed E-state index contributed by atoms with van der Waals surface area (Å²) in [5.74, 6) is -5.51. The fourth-order valence-corrected chi connectivity index (χ4v) is 0.637. The quantitative estimate of drug-likeness (QED) is 0.594. The summed E-state index contributed by atoms with van der Waals surface area (Å²) in [6, 6.07) is 0. The Morgan fingerprint density at radius 1 is 0.923 bits per heavy atom. The average Bonchev–Trinajstić information content (AvgIpc) is 1.83. The lowest BCUT2D eigenvalue weighted by molar-refractivity contribution is -0.294. The molecule has 0 atom stereocenters. The third kappa shape index (κ3) is 3.59. The Kier molecular flexibility index (Phi) is 3.47. The van der Waals surface area contributed by atoms with Gasteiger partial charge in [0.1, 0.15) is 0 Å². The number of rotatable bonds is 3. The van der Waals surface area contributed by atoms with E-state index in [1.54, 1.807) is 0 Å². The molecule has 0 amide bonds. The lowest BCUT2D eigenvalue weighted by atomic mass is 10.2. The van der Waals surface area contributed by atoms with Crippen LogP contribution in [-0.2, 0) is 0 Å². The first-order valence-electron chi connectivity index (χ1n) is 2.67. The van der Waals surface area contributed by atoms with Crippen molar-refractivity contribution in [3.05, 3.63) is 0 Å². The predicted molar refractivity (Wildman–Crippen MR) is 30.8 cm³/mol. The first-order valence-corrected chi connectivity index (χ1v) is 3.44. The van der Waals surface area contributed by atoms with Crippen LogP contribution in [0.15, 0.2) is 0 Å². The number of hydrogen-bond donors (Lipinski definition) is 1. The van der Waals surface area contributed by atoms with Gasteiger partial charge in [-0.15, -0.1) is 0 Å². The van der Waals surface area contributed by atoms with Gasteiger partial charge in [0.25, 0.3) is 0 Å². The van der Waals surface area contributed by atoms with E-state index >= 15 is 0 Å². The summed E-state index contributed by atoms with van der Waals surface area (Å²) < 4.78 is 89.3. The monoisotopic (exact) mass is 232 g/mol. The summed E-state index contributed by atoms with van der Waals surface area (Å²) >= 11 is -1.34. The molecule has 0 aromatic rings. The van der Waals surface area contributed by atoms with E-state index in [0.717, 1.165) is 0 Å². The molecule has 0 aliphatic heterocycles. The van der Waals surface area contributed by atoms with Crippen molar-refractivity contribution in [2.24, 2.45) is 0 Å². The molecule has 9 heteroatoms. The molecule has 0 unspecified atom stereocenters. The molecule has 0 aromatic heterocycles. The first kappa shape index (κ1) is 12.8. The second kappa shape index (κ2) is 3.52. The van der Waals surface area contributed by atoms with Crippen molar-refractivity contribution in [2.45, 2.75) is 23.8 Å². The zero-order valence-corrected chi connectivity index (χ0v) is 6.52. The number of hydrogen-bond acceptors (Lipinski definition) is 2. The minimum atomic E-state index is -6.04. The van der Waals surface area contributed by atoms with Gasteiger partial charge in [0.15, 0.2) is 0 Å². The predicted octanol–water partition coefficient (Wildman–Crippen LogP) is 3.37. The van der Waals surface area contributed by atoms with E-state index in [9.17, 15) is 30.7 Å². The Bertz CT molecular complexity index is 176. The van der Waals surface area contributed by atoms with Crippen molar-refractivity contribution in [1.82, 2.24) is 0 Å². The third-order valence-electron chi connectivity index (χ3n) is 0.976. The Morgan fingerprint density at radius 2 is 1.31 bits per heavy atom. The zero-order valence-electron chi connectivity index (χ0n) is 5.71. The van der Waals surface area contributed by atoms with E-state index in [1.807, 2.05) is 0 Å². The van der Waals surface area contributed by atoms with Crippen LogP contribution in [-0.4, -0.2) is 21.9 Å². The lowest BCUT2D eigenvalue weighted by Gasteiger charge is -2.22. The van der Waals surface area contributed by atoms with Gasteiger partial charge in [-0.25, -0.2) is 0 Å². The van der Waals surface area contributed by atoms with Gasteiger partial charge in [0, 0.05) is 0 Å². The van der Waals surface area contributed by atoms with Crippen LogP contribution in [0, 0.1) is 0 Å². The van der Waals surface area contributed by atoms with Gasteiger partial charge < -0.3 is 4.55 Å². The standard InChI is InChI=1S/C4H3F7OS/c5-2(6,4(9,10)11)1-3(7,8)13-12/h12H,1H2. The lowest BCUT2D eigenvalue weighted by Crippen LogP contribution is -2.40. The second-order valence-electron chi connectivity index (χ2n) is 2.11. The van der Waals surface area contributed by atoms with Crippen molar-refractivity contribution < 1.29 is 35.3 Å². The maximum Gasteiger partial charge on any atom is 0.453 e. The zero-order chi connectivity index (χ0) is 10.9. The number of alkyl halides is 7. The molecule has 0 aliphatic carbocycles. The van der Waals surface area contributed by atoms with Gasteiger partial charge in [-0.2, -0.15) is 30.7 Å². The van der Waals surface area contributed by atoms with Crippen molar-refractivity contribution in [1.29, 1.82) is 0 Å². The third-order valence-corrected chi connectivity index (χ3v) is 1.39. The van der Waals surface area contributed by atoms with Gasteiger partial charge in [-0.3, -0.25) is 0 Å². The minimum absolute atomic E-state index is 1.34. The van der Waals surface area contributed by atoms with Gasteiger partial charge in [0.05, 0.1) is 18.5 Å². The minimum Gasteiger partial charge on any atom is -0.325 e. The molecule has 0 aromatic carbocycles. The fraction of sp³-hybridized carbons (Fsp3) is 1.00. The molecule has 0 spiro atoms. The molecular weight excluding hydrogens is 229 g/mol. The highest BCUT2D eigenvalue weighted by Crippen LogP contribution is 2.45. The van der Waals surface area contributed by atoms with E-state index < -0.39 is 35.8 Å². The molecule has 0 heterocycles. The summed E-state index contributed by atoms with van der Waals surface area (Å²) in [6.45, 7) is 0. The van der Waals surface area contributed by atoms with Crippen LogP contribution >= 0.6 is 12.0 Å². The van der Waals surface area contributed by atoms with Crippen molar-refractivity contribution in [3.63, 3.8) is 0 Å². The van der Waals surface area contributed by atoms with Crippen molar-refractivity contribution >= 4 is 12.0 Å². The SMILES string of the molecule is OSC(F)(F)CC(F)(F)C(F)(F)F. The van der Waals surface area contributed by atoms with Crippen molar-refractivity contribution in [2.75, 3.05) is 0 Å². The topological polar surface area (TPSA) is 20.2 Å². The molecular formula is C4H3F7OS. The van der Waals surface area contributed by atoms with E-state index in [4.69, 9.17) is 4.55 Å².